The summed E-state index contributed by atoms with van der Waals surface area (Å²) in [6, 6.07) is 1.71. The number of carbonyl (C=O) groups is 2. The summed E-state index contributed by atoms with van der Waals surface area (Å²) in [4.78, 5) is 39.8. The van der Waals surface area contributed by atoms with Gasteiger partial charge in [0.15, 0.2) is 0 Å². The number of ether oxygens (including phenoxy) is 2. The number of aryl methyl sites for hydroxylation is 1. The Balaban J connectivity index is 1.63. The lowest BCUT2D eigenvalue weighted by molar-refractivity contribution is -0.160. The van der Waals surface area contributed by atoms with Crippen LogP contribution in [-0.2, 0) is 25.6 Å². The van der Waals surface area contributed by atoms with Gasteiger partial charge in [0.25, 0.3) is 5.56 Å². The zero-order valence-electron chi connectivity index (χ0n) is 11.0. The number of hydrogen-bond donors (Lipinski definition) is 0. The monoisotopic (exact) mass is 308 g/mol. The van der Waals surface area contributed by atoms with Crippen molar-refractivity contribution in [3.8, 4) is 0 Å². The first-order chi connectivity index (χ1) is 10.1. The summed E-state index contributed by atoms with van der Waals surface area (Å²) in [6.45, 7) is 0.438. The van der Waals surface area contributed by atoms with Gasteiger partial charge >= 0.3 is 11.9 Å². The van der Waals surface area contributed by atoms with Crippen molar-refractivity contribution in [2.24, 2.45) is 0 Å². The molecule has 1 unspecified atom stereocenters. The van der Waals surface area contributed by atoms with Gasteiger partial charge in [0.05, 0.1) is 24.7 Å². The molecule has 0 aromatic carbocycles. The third kappa shape index (κ3) is 2.80. The second-order valence-electron chi connectivity index (χ2n) is 4.57. The van der Waals surface area contributed by atoms with E-state index in [0.29, 0.717) is 16.6 Å². The SMILES string of the molecule is O=C(CCn1cnc2sccc2c1=O)OC1CCOC1=O. The maximum absolute atomic E-state index is 12.1. The first kappa shape index (κ1) is 13.7. The van der Waals surface area contributed by atoms with Gasteiger partial charge in [-0.25, -0.2) is 9.78 Å². The quantitative estimate of drug-likeness (QED) is 0.773. The van der Waals surface area contributed by atoms with Gasteiger partial charge in [-0.2, -0.15) is 0 Å². The second kappa shape index (κ2) is 5.65. The van der Waals surface area contributed by atoms with Crippen LogP contribution in [0.25, 0.3) is 10.2 Å². The van der Waals surface area contributed by atoms with E-state index in [1.807, 2.05) is 0 Å². The highest BCUT2D eigenvalue weighted by Crippen LogP contribution is 2.14. The minimum atomic E-state index is -0.813. The second-order valence-corrected chi connectivity index (χ2v) is 5.46. The van der Waals surface area contributed by atoms with E-state index in [2.05, 4.69) is 4.98 Å². The minimum absolute atomic E-state index is 0.00100. The number of esters is 2. The number of rotatable bonds is 4. The maximum atomic E-state index is 12.1. The van der Waals surface area contributed by atoms with E-state index in [0.717, 1.165) is 0 Å². The van der Waals surface area contributed by atoms with Gasteiger partial charge in [0, 0.05) is 13.0 Å². The summed E-state index contributed by atoms with van der Waals surface area (Å²) >= 11 is 1.39. The van der Waals surface area contributed by atoms with Gasteiger partial charge in [-0.3, -0.25) is 14.2 Å². The van der Waals surface area contributed by atoms with Crippen LogP contribution in [0.2, 0.25) is 0 Å². The third-order valence-corrected chi connectivity index (χ3v) is 3.99. The Hall–Kier alpha value is -2.22. The smallest absolute Gasteiger partial charge is 0.347 e. The number of fused-ring (bicyclic) bond motifs is 1. The van der Waals surface area contributed by atoms with Gasteiger partial charge in [-0.05, 0) is 11.4 Å². The molecule has 110 valence electrons. The van der Waals surface area contributed by atoms with Gasteiger partial charge in [-0.15, -0.1) is 11.3 Å². The average Bonchev–Trinajstić information content (AvgIpc) is 3.08. The predicted molar refractivity (Wildman–Crippen MR) is 74.0 cm³/mol. The normalized spacial score (nSPS) is 17.9. The molecule has 2 aromatic rings. The molecule has 1 fully saturated rings. The third-order valence-electron chi connectivity index (χ3n) is 3.17. The van der Waals surface area contributed by atoms with Crippen LogP contribution in [0.15, 0.2) is 22.6 Å². The van der Waals surface area contributed by atoms with Crippen LogP contribution in [0.5, 0.6) is 0 Å². The van der Waals surface area contributed by atoms with Crippen LogP contribution in [0.4, 0.5) is 0 Å². The van der Waals surface area contributed by atoms with Crippen LogP contribution < -0.4 is 5.56 Å². The Morgan fingerprint density at radius 2 is 2.38 bits per heavy atom. The molecule has 3 rings (SSSR count). The number of hydrogen-bond acceptors (Lipinski definition) is 7. The minimum Gasteiger partial charge on any atom is -0.463 e. The Bertz CT molecular complexity index is 750. The summed E-state index contributed by atoms with van der Waals surface area (Å²) in [5.41, 5.74) is -0.186. The van der Waals surface area contributed by atoms with Crippen LogP contribution in [-0.4, -0.2) is 34.2 Å². The fourth-order valence-corrected chi connectivity index (χ4v) is 2.79. The summed E-state index contributed by atoms with van der Waals surface area (Å²) in [7, 11) is 0. The predicted octanol–water partition coefficient (Wildman–Crippen LogP) is 0.707. The molecule has 21 heavy (non-hydrogen) atoms. The van der Waals surface area contributed by atoms with Crippen LogP contribution >= 0.6 is 11.3 Å². The molecular weight excluding hydrogens is 296 g/mol. The summed E-state index contributed by atoms with van der Waals surface area (Å²) in [5.74, 6) is -1.04. The molecule has 0 aliphatic carbocycles. The molecule has 1 aliphatic heterocycles. The van der Waals surface area contributed by atoms with Gasteiger partial charge in [0.1, 0.15) is 4.83 Å². The molecule has 0 spiro atoms. The first-order valence-electron chi connectivity index (χ1n) is 6.44. The molecule has 1 saturated heterocycles. The van der Waals surface area contributed by atoms with E-state index < -0.39 is 18.0 Å². The average molecular weight is 308 g/mol. The fourth-order valence-electron chi connectivity index (χ4n) is 2.07. The van der Waals surface area contributed by atoms with E-state index in [9.17, 15) is 14.4 Å². The number of nitrogens with zero attached hydrogens (tertiary/aromatic N) is 2. The molecule has 1 atom stereocenters. The first-order valence-corrected chi connectivity index (χ1v) is 7.32. The molecule has 0 N–H and O–H groups in total. The highest BCUT2D eigenvalue weighted by atomic mass is 32.1. The standard InChI is InChI=1S/C13H12N2O5S/c16-10(20-9-2-5-19-13(9)18)1-4-15-7-14-11-8(12(15)17)3-6-21-11/h3,6-7,9H,1-2,4-5H2. The van der Waals surface area contributed by atoms with E-state index in [1.165, 1.54) is 22.2 Å². The van der Waals surface area contributed by atoms with E-state index in [1.54, 1.807) is 11.4 Å². The van der Waals surface area contributed by atoms with Crippen LogP contribution in [0, 0.1) is 0 Å². The van der Waals surface area contributed by atoms with Crippen LogP contribution in [0.3, 0.4) is 0 Å². The number of thiophene rings is 1. The van der Waals surface area contributed by atoms with Gasteiger partial charge in [0.2, 0.25) is 6.10 Å². The van der Waals surface area contributed by atoms with Gasteiger partial charge < -0.3 is 9.47 Å². The molecule has 0 bridgehead atoms. The lowest BCUT2D eigenvalue weighted by Gasteiger charge is -2.09. The molecule has 0 amide bonds. The van der Waals surface area contributed by atoms with Crippen molar-refractivity contribution in [3.63, 3.8) is 0 Å². The molecule has 0 saturated carbocycles. The fraction of sp³-hybridized carbons (Fsp3) is 0.385. The highest BCUT2D eigenvalue weighted by Gasteiger charge is 2.29. The number of aromatic nitrogens is 2. The van der Waals surface area contributed by atoms with Crippen LogP contribution in [0.1, 0.15) is 12.8 Å². The summed E-state index contributed by atoms with van der Waals surface area (Å²) in [6.07, 6.45) is 0.985. The largest absolute Gasteiger partial charge is 0.463 e. The molecule has 7 nitrogen and oxygen atoms in total. The summed E-state index contributed by atoms with van der Waals surface area (Å²) in [5, 5.41) is 2.33. The molecule has 8 heteroatoms. The van der Waals surface area contributed by atoms with Crippen molar-refractivity contribution in [1.82, 2.24) is 9.55 Å². The van der Waals surface area contributed by atoms with Crippen molar-refractivity contribution >= 4 is 33.5 Å². The van der Waals surface area contributed by atoms with Crippen molar-refractivity contribution in [2.45, 2.75) is 25.5 Å². The Morgan fingerprint density at radius 3 is 3.14 bits per heavy atom. The molecular formula is C13H12N2O5S. The lowest BCUT2D eigenvalue weighted by Crippen LogP contribution is -2.25. The van der Waals surface area contributed by atoms with Crippen molar-refractivity contribution in [3.05, 3.63) is 28.1 Å². The zero-order valence-corrected chi connectivity index (χ0v) is 11.8. The topological polar surface area (TPSA) is 87.5 Å². The Morgan fingerprint density at radius 1 is 1.52 bits per heavy atom. The Labute approximate surface area is 123 Å². The molecule has 1 aliphatic rings. The van der Waals surface area contributed by atoms with Crippen molar-refractivity contribution in [1.29, 1.82) is 0 Å². The molecule has 0 radical (unpaired) electrons. The Kier molecular flexibility index (Phi) is 3.70. The van der Waals surface area contributed by atoms with Crippen molar-refractivity contribution < 1.29 is 19.1 Å². The molecule has 3 heterocycles. The molecule has 2 aromatic heterocycles. The van der Waals surface area contributed by atoms with E-state index >= 15 is 0 Å². The van der Waals surface area contributed by atoms with Gasteiger partial charge in [-0.1, -0.05) is 0 Å². The number of carbonyl (C=O) groups excluding carboxylic acids is 2. The lowest BCUT2D eigenvalue weighted by atomic mass is 10.3. The number of cyclic esters (lactones) is 1. The van der Waals surface area contributed by atoms with E-state index in [-0.39, 0.29) is 25.1 Å². The highest BCUT2D eigenvalue weighted by molar-refractivity contribution is 7.16. The van der Waals surface area contributed by atoms with E-state index in [4.69, 9.17) is 9.47 Å². The zero-order chi connectivity index (χ0) is 14.8. The maximum Gasteiger partial charge on any atom is 0.347 e. The van der Waals surface area contributed by atoms with Crippen molar-refractivity contribution in [2.75, 3.05) is 6.61 Å². The summed E-state index contributed by atoms with van der Waals surface area (Å²) < 4.78 is 11.1.